The fraction of sp³-hybridized carbons (Fsp3) is 0.526. The molecule has 3 aliphatic rings. The summed E-state index contributed by atoms with van der Waals surface area (Å²) < 4.78 is 0. The Morgan fingerprint density at radius 2 is 2.12 bits per heavy atom. The van der Waals surface area contributed by atoms with Crippen LogP contribution in [-0.4, -0.2) is 59.0 Å². The average molecular weight is 359 g/mol. The summed E-state index contributed by atoms with van der Waals surface area (Å²) in [5, 5.41) is 13.4. The summed E-state index contributed by atoms with van der Waals surface area (Å²) >= 11 is 0. The minimum atomic E-state index is -1.45. The number of hydrogen-bond acceptors (Lipinski definition) is 5. The van der Waals surface area contributed by atoms with Gasteiger partial charge in [-0.1, -0.05) is 18.2 Å². The van der Waals surface area contributed by atoms with E-state index in [1.165, 1.54) is 7.05 Å². The summed E-state index contributed by atoms with van der Waals surface area (Å²) in [4.78, 5) is 40.9. The molecule has 2 aliphatic heterocycles. The fourth-order valence-corrected chi connectivity index (χ4v) is 3.76. The summed E-state index contributed by atoms with van der Waals surface area (Å²) in [6.45, 7) is 1.86. The molecule has 0 bridgehead atoms. The first-order valence-electron chi connectivity index (χ1n) is 8.97. The van der Waals surface area contributed by atoms with Crippen LogP contribution in [0.5, 0.6) is 0 Å². The number of aliphatic hydroxyl groups excluding tert-OH is 1. The van der Waals surface area contributed by atoms with E-state index in [9.17, 15) is 19.5 Å². The minimum Gasteiger partial charge on any atom is -0.379 e. The molecular formula is C19H25N3O4. The third-order valence-corrected chi connectivity index (χ3v) is 5.42. The molecule has 0 aromatic heterocycles. The number of nitrogens with one attached hydrogen (secondary N) is 1. The number of carbonyl (C=O) groups excluding carboxylic acids is 3. The lowest BCUT2D eigenvalue weighted by Gasteiger charge is -2.47. The second-order valence-electron chi connectivity index (χ2n) is 7.11. The fourth-order valence-electron chi connectivity index (χ4n) is 3.76. The Morgan fingerprint density at radius 1 is 1.35 bits per heavy atom. The Kier molecular flexibility index (Phi) is 5.00. The van der Waals surface area contributed by atoms with Gasteiger partial charge in [-0.25, -0.2) is 0 Å². The average Bonchev–Trinajstić information content (AvgIpc) is 2.69. The molecule has 2 N–H and O–H groups in total. The number of amides is 2. The highest BCUT2D eigenvalue weighted by Gasteiger charge is 2.55. The zero-order valence-electron chi connectivity index (χ0n) is 15.2. The molecule has 7 heteroatoms. The van der Waals surface area contributed by atoms with E-state index in [2.05, 4.69) is 5.32 Å². The summed E-state index contributed by atoms with van der Waals surface area (Å²) in [5.74, 6) is -1.24. The number of aliphatic hydroxyl groups is 1. The Morgan fingerprint density at radius 3 is 2.73 bits per heavy atom. The molecule has 0 spiro atoms. The molecule has 140 valence electrons. The van der Waals surface area contributed by atoms with E-state index in [1.54, 1.807) is 19.1 Å². The van der Waals surface area contributed by atoms with Crippen LogP contribution in [0.25, 0.3) is 0 Å². The van der Waals surface area contributed by atoms with Crippen molar-refractivity contribution in [2.45, 2.75) is 39.0 Å². The normalized spacial score (nSPS) is 29.3. The largest absolute Gasteiger partial charge is 0.379 e. The number of Topliss-reactive ketones (excluding diaryl/α,β-unsaturated/α-hetero) is 1. The third-order valence-electron chi connectivity index (χ3n) is 5.42. The predicted molar refractivity (Wildman–Crippen MR) is 95.4 cm³/mol. The summed E-state index contributed by atoms with van der Waals surface area (Å²) in [6.07, 6.45) is 9.27. The van der Waals surface area contributed by atoms with E-state index in [0.717, 1.165) is 34.6 Å². The van der Waals surface area contributed by atoms with Crippen molar-refractivity contribution in [1.82, 2.24) is 15.1 Å². The zero-order valence-corrected chi connectivity index (χ0v) is 15.2. The van der Waals surface area contributed by atoms with Crippen LogP contribution in [0.3, 0.4) is 0 Å². The molecule has 1 aliphatic carbocycles. The first-order valence-corrected chi connectivity index (χ1v) is 8.97. The molecule has 2 atom stereocenters. The van der Waals surface area contributed by atoms with Crippen LogP contribution in [0, 0.1) is 5.41 Å². The number of rotatable bonds is 4. The third kappa shape index (κ3) is 2.96. The smallest absolute Gasteiger partial charge is 0.246 e. The van der Waals surface area contributed by atoms with Gasteiger partial charge in [-0.2, -0.15) is 0 Å². The van der Waals surface area contributed by atoms with Gasteiger partial charge in [0, 0.05) is 13.6 Å². The van der Waals surface area contributed by atoms with E-state index < -0.39 is 23.6 Å². The zero-order chi connectivity index (χ0) is 18.9. The van der Waals surface area contributed by atoms with Gasteiger partial charge in [0.05, 0.1) is 12.2 Å². The van der Waals surface area contributed by atoms with Crippen molar-refractivity contribution in [3.8, 4) is 0 Å². The van der Waals surface area contributed by atoms with E-state index >= 15 is 0 Å². The van der Waals surface area contributed by atoms with Crippen LogP contribution in [0.1, 0.15) is 32.6 Å². The molecule has 3 rings (SSSR count). The van der Waals surface area contributed by atoms with E-state index in [0.29, 0.717) is 18.7 Å². The molecule has 26 heavy (non-hydrogen) atoms. The van der Waals surface area contributed by atoms with Gasteiger partial charge >= 0.3 is 0 Å². The van der Waals surface area contributed by atoms with Crippen LogP contribution in [0.2, 0.25) is 0 Å². The summed E-state index contributed by atoms with van der Waals surface area (Å²) in [6, 6.07) is 0. The molecule has 7 nitrogen and oxygen atoms in total. The maximum Gasteiger partial charge on any atom is 0.246 e. The number of allylic oxidation sites excluding steroid dienone is 3. The van der Waals surface area contributed by atoms with Gasteiger partial charge in [-0.05, 0) is 44.3 Å². The standard InChI is InChI=1S/C19H25N3O4/c1-19(13-8-4-3-5-9-13)16(24)21(2)18(26)22(17(19)25)12-15(23)14-10-6-7-11-20-14/h6-8,10,18,20,26H,3-5,9,11-12H2,1-2H3. The van der Waals surface area contributed by atoms with Gasteiger partial charge in [0.25, 0.3) is 0 Å². The van der Waals surface area contributed by atoms with Gasteiger partial charge in [0.1, 0.15) is 5.41 Å². The van der Waals surface area contributed by atoms with Gasteiger partial charge in [0.15, 0.2) is 5.78 Å². The minimum absolute atomic E-state index is 0.285. The Labute approximate surface area is 153 Å². The highest BCUT2D eigenvalue weighted by atomic mass is 16.3. The van der Waals surface area contributed by atoms with Gasteiger partial charge < -0.3 is 15.3 Å². The molecule has 2 amide bonds. The van der Waals surface area contributed by atoms with Gasteiger partial charge in [-0.3, -0.25) is 19.3 Å². The molecule has 2 unspecified atom stereocenters. The van der Waals surface area contributed by atoms with Crippen molar-refractivity contribution in [3.05, 3.63) is 35.6 Å². The number of dihydropyridines is 1. The monoisotopic (exact) mass is 359 g/mol. The summed E-state index contributed by atoms with van der Waals surface area (Å²) in [7, 11) is 1.46. The Bertz CT molecular complexity index is 724. The van der Waals surface area contributed by atoms with Crippen molar-refractivity contribution in [2.24, 2.45) is 5.41 Å². The topological polar surface area (TPSA) is 90.0 Å². The van der Waals surface area contributed by atoms with Crippen molar-refractivity contribution in [1.29, 1.82) is 0 Å². The van der Waals surface area contributed by atoms with Gasteiger partial charge in [-0.15, -0.1) is 0 Å². The summed E-state index contributed by atoms with van der Waals surface area (Å²) in [5.41, 5.74) is -0.179. The van der Waals surface area contributed by atoms with E-state index in [1.807, 2.05) is 12.2 Å². The number of carbonyl (C=O) groups is 3. The number of ketones is 1. The first-order chi connectivity index (χ1) is 12.4. The first kappa shape index (κ1) is 18.4. The SMILES string of the molecule is CN1C(=O)C(C)(C2=CCCCC2)C(=O)N(CC(=O)C2=CC=CCN2)C1O. The molecule has 0 aromatic carbocycles. The molecule has 0 aromatic rings. The van der Waals surface area contributed by atoms with Crippen molar-refractivity contribution in [3.63, 3.8) is 0 Å². The quantitative estimate of drug-likeness (QED) is 0.569. The lowest BCUT2D eigenvalue weighted by molar-refractivity contribution is -0.192. The van der Waals surface area contributed by atoms with Gasteiger partial charge in [0.2, 0.25) is 18.2 Å². The van der Waals surface area contributed by atoms with E-state index in [4.69, 9.17) is 0 Å². The van der Waals surface area contributed by atoms with Crippen LogP contribution < -0.4 is 5.32 Å². The molecule has 1 fully saturated rings. The second-order valence-corrected chi connectivity index (χ2v) is 7.11. The van der Waals surface area contributed by atoms with Crippen molar-refractivity contribution >= 4 is 17.6 Å². The highest BCUT2D eigenvalue weighted by Crippen LogP contribution is 2.40. The van der Waals surface area contributed by atoms with Crippen molar-refractivity contribution < 1.29 is 19.5 Å². The maximum atomic E-state index is 13.2. The lowest BCUT2D eigenvalue weighted by Crippen LogP contribution is -2.67. The van der Waals surface area contributed by atoms with Crippen molar-refractivity contribution in [2.75, 3.05) is 20.1 Å². The molecule has 2 heterocycles. The predicted octanol–water partition coefficient (Wildman–Crippen LogP) is 0.682. The molecular weight excluding hydrogens is 334 g/mol. The Balaban J connectivity index is 1.89. The molecule has 0 radical (unpaired) electrons. The number of hydrogen-bond donors (Lipinski definition) is 2. The maximum absolute atomic E-state index is 13.2. The van der Waals surface area contributed by atoms with Crippen LogP contribution in [-0.2, 0) is 14.4 Å². The van der Waals surface area contributed by atoms with E-state index in [-0.39, 0.29) is 12.3 Å². The molecule has 0 saturated carbocycles. The Hall–Kier alpha value is -2.41. The molecule has 1 saturated heterocycles. The van der Waals surface area contributed by atoms with Crippen LogP contribution in [0.15, 0.2) is 35.6 Å². The lowest BCUT2D eigenvalue weighted by atomic mass is 9.73. The second kappa shape index (κ2) is 7.07. The van der Waals surface area contributed by atoms with Crippen LogP contribution >= 0.6 is 0 Å². The van der Waals surface area contributed by atoms with Crippen LogP contribution in [0.4, 0.5) is 0 Å². The highest BCUT2D eigenvalue weighted by molar-refractivity contribution is 6.11. The number of nitrogens with zero attached hydrogens (tertiary/aromatic N) is 2.